The van der Waals surface area contributed by atoms with Crippen LogP contribution in [0.15, 0.2) is 12.1 Å². The van der Waals surface area contributed by atoms with Crippen LogP contribution in [0.3, 0.4) is 0 Å². The molecule has 1 atom stereocenters. The van der Waals surface area contributed by atoms with Crippen molar-refractivity contribution in [3.8, 4) is 0 Å². The summed E-state index contributed by atoms with van der Waals surface area (Å²) in [5.74, 6) is 0.197. The van der Waals surface area contributed by atoms with Crippen molar-refractivity contribution in [2.24, 2.45) is 5.92 Å². The van der Waals surface area contributed by atoms with Crippen molar-refractivity contribution in [1.29, 1.82) is 0 Å². The number of fused-ring (bicyclic) bond motifs is 1. The standard InChI is InChI=1S/C21H28FN3O2/c1-13-10-17(22)16-12-19(24-18(16)11-13)20(26)23-8-3-9-25(15-6-7-15)21(27)14-4-2-5-14/h10-11,14-15,19,24H,2-9,12H2,1H3,(H,23,26). The molecule has 1 heterocycles. The van der Waals surface area contributed by atoms with Crippen LogP contribution in [-0.4, -0.2) is 41.9 Å². The number of carbonyl (C=O) groups excluding carboxylic acids is 2. The Balaban J connectivity index is 1.23. The van der Waals surface area contributed by atoms with Gasteiger partial charge in [0.05, 0.1) is 0 Å². The summed E-state index contributed by atoms with van der Waals surface area (Å²) >= 11 is 0. The monoisotopic (exact) mass is 373 g/mol. The van der Waals surface area contributed by atoms with Gasteiger partial charge in [0.1, 0.15) is 11.9 Å². The minimum Gasteiger partial charge on any atom is -0.373 e. The summed E-state index contributed by atoms with van der Waals surface area (Å²) in [7, 11) is 0. The molecule has 146 valence electrons. The number of aryl methyl sites for hydroxylation is 1. The SMILES string of the molecule is Cc1cc(F)c2c(c1)NC(C(=O)NCCCN(C(=O)C1CCC1)C1CC1)C2. The molecular formula is C21H28FN3O2. The lowest BCUT2D eigenvalue weighted by Gasteiger charge is -2.32. The number of rotatable bonds is 7. The molecule has 1 aromatic rings. The van der Waals surface area contributed by atoms with E-state index in [-0.39, 0.29) is 17.6 Å². The Morgan fingerprint density at radius 3 is 2.70 bits per heavy atom. The van der Waals surface area contributed by atoms with E-state index in [1.54, 1.807) is 0 Å². The minimum atomic E-state index is -0.424. The molecule has 2 aliphatic carbocycles. The molecule has 27 heavy (non-hydrogen) atoms. The van der Waals surface area contributed by atoms with Crippen LogP contribution < -0.4 is 10.6 Å². The van der Waals surface area contributed by atoms with Gasteiger partial charge in [-0.1, -0.05) is 6.42 Å². The molecule has 2 fully saturated rings. The molecule has 6 heteroatoms. The molecule has 0 spiro atoms. The van der Waals surface area contributed by atoms with E-state index in [1.165, 1.54) is 12.5 Å². The van der Waals surface area contributed by atoms with Crippen molar-refractivity contribution in [3.63, 3.8) is 0 Å². The Kier molecular flexibility index (Phi) is 5.06. The molecule has 2 N–H and O–H groups in total. The first-order valence-electron chi connectivity index (χ1n) is 10.2. The predicted molar refractivity (Wildman–Crippen MR) is 102 cm³/mol. The van der Waals surface area contributed by atoms with E-state index < -0.39 is 6.04 Å². The average Bonchev–Trinajstić information content (AvgIpc) is 3.31. The number of hydrogen-bond donors (Lipinski definition) is 2. The maximum Gasteiger partial charge on any atom is 0.242 e. The molecule has 1 aliphatic heterocycles. The third-order valence-corrected chi connectivity index (χ3v) is 5.99. The smallest absolute Gasteiger partial charge is 0.242 e. The van der Waals surface area contributed by atoms with Gasteiger partial charge in [0.2, 0.25) is 11.8 Å². The van der Waals surface area contributed by atoms with Crippen molar-refractivity contribution in [2.75, 3.05) is 18.4 Å². The first kappa shape index (κ1) is 18.3. The largest absolute Gasteiger partial charge is 0.373 e. The fourth-order valence-electron chi connectivity index (χ4n) is 4.04. The molecule has 2 amide bonds. The van der Waals surface area contributed by atoms with E-state index >= 15 is 0 Å². The number of carbonyl (C=O) groups is 2. The summed E-state index contributed by atoms with van der Waals surface area (Å²) in [4.78, 5) is 27.0. The van der Waals surface area contributed by atoms with E-state index in [0.717, 1.165) is 43.4 Å². The van der Waals surface area contributed by atoms with Gasteiger partial charge in [-0.05, 0) is 56.7 Å². The summed E-state index contributed by atoms with van der Waals surface area (Å²) in [6.07, 6.45) is 6.59. The van der Waals surface area contributed by atoms with E-state index in [9.17, 15) is 14.0 Å². The Bertz CT molecular complexity index is 743. The minimum absolute atomic E-state index is 0.105. The summed E-state index contributed by atoms with van der Waals surface area (Å²) in [5, 5.41) is 6.07. The van der Waals surface area contributed by atoms with Gasteiger partial charge in [-0.25, -0.2) is 4.39 Å². The zero-order valence-corrected chi connectivity index (χ0v) is 15.9. The Morgan fingerprint density at radius 1 is 1.26 bits per heavy atom. The Labute approximate surface area is 159 Å². The number of benzene rings is 1. The van der Waals surface area contributed by atoms with Gasteiger partial charge in [0.25, 0.3) is 0 Å². The van der Waals surface area contributed by atoms with Crippen molar-refractivity contribution < 1.29 is 14.0 Å². The third kappa shape index (κ3) is 3.94. The van der Waals surface area contributed by atoms with Crippen LogP contribution in [0.1, 0.15) is 49.7 Å². The van der Waals surface area contributed by atoms with Crippen LogP contribution >= 0.6 is 0 Å². The van der Waals surface area contributed by atoms with Gasteiger partial charge >= 0.3 is 0 Å². The van der Waals surface area contributed by atoms with Crippen LogP contribution in [0.25, 0.3) is 0 Å². The molecule has 4 rings (SSSR count). The first-order chi connectivity index (χ1) is 13.0. The summed E-state index contributed by atoms with van der Waals surface area (Å²) in [6, 6.07) is 3.39. The van der Waals surface area contributed by atoms with Crippen LogP contribution in [0, 0.1) is 18.7 Å². The van der Waals surface area contributed by atoms with Gasteiger partial charge < -0.3 is 15.5 Å². The van der Waals surface area contributed by atoms with Crippen molar-refractivity contribution in [1.82, 2.24) is 10.2 Å². The second-order valence-corrected chi connectivity index (χ2v) is 8.21. The van der Waals surface area contributed by atoms with E-state index in [2.05, 4.69) is 10.6 Å². The third-order valence-electron chi connectivity index (χ3n) is 5.99. The topological polar surface area (TPSA) is 61.4 Å². The Hall–Kier alpha value is -2.11. The Morgan fingerprint density at radius 2 is 2.04 bits per heavy atom. The van der Waals surface area contributed by atoms with Crippen molar-refractivity contribution in [2.45, 2.75) is 64.0 Å². The predicted octanol–water partition coefficient (Wildman–Crippen LogP) is 2.77. The van der Waals surface area contributed by atoms with Crippen molar-refractivity contribution >= 4 is 17.5 Å². The number of nitrogens with one attached hydrogen (secondary N) is 2. The van der Waals surface area contributed by atoms with Gasteiger partial charge in [-0.2, -0.15) is 0 Å². The highest BCUT2D eigenvalue weighted by molar-refractivity contribution is 5.87. The van der Waals surface area contributed by atoms with Crippen LogP contribution in [-0.2, 0) is 16.0 Å². The maximum absolute atomic E-state index is 14.0. The van der Waals surface area contributed by atoms with Crippen LogP contribution in [0.2, 0.25) is 0 Å². The molecule has 0 aromatic heterocycles. The zero-order chi connectivity index (χ0) is 19.0. The lowest BCUT2D eigenvalue weighted by molar-refractivity contribution is -0.138. The lowest BCUT2D eigenvalue weighted by atomic mass is 9.84. The maximum atomic E-state index is 14.0. The second kappa shape index (κ2) is 7.49. The number of nitrogens with zero attached hydrogens (tertiary/aromatic N) is 1. The van der Waals surface area contributed by atoms with Crippen LogP contribution in [0.5, 0.6) is 0 Å². The summed E-state index contributed by atoms with van der Waals surface area (Å²) < 4.78 is 14.0. The molecule has 2 saturated carbocycles. The normalized spacial score (nSPS) is 21.2. The fraction of sp³-hybridized carbons (Fsp3) is 0.619. The van der Waals surface area contributed by atoms with Gasteiger partial charge in [-0.3, -0.25) is 9.59 Å². The molecule has 3 aliphatic rings. The molecule has 0 radical (unpaired) electrons. The zero-order valence-electron chi connectivity index (χ0n) is 15.9. The van der Waals surface area contributed by atoms with Gasteiger partial charge in [-0.15, -0.1) is 0 Å². The fourth-order valence-corrected chi connectivity index (χ4v) is 4.04. The lowest BCUT2D eigenvalue weighted by Crippen LogP contribution is -2.43. The van der Waals surface area contributed by atoms with E-state index in [0.29, 0.717) is 37.0 Å². The van der Waals surface area contributed by atoms with E-state index in [1.807, 2.05) is 17.9 Å². The highest BCUT2D eigenvalue weighted by atomic mass is 19.1. The molecule has 1 aromatic carbocycles. The van der Waals surface area contributed by atoms with Gasteiger partial charge in [0.15, 0.2) is 0 Å². The van der Waals surface area contributed by atoms with E-state index in [4.69, 9.17) is 0 Å². The van der Waals surface area contributed by atoms with Crippen molar-refractivity contribution in [3.05, 3.63) is 29.1 Å². The highest BCUT2D eigenvalue weighted by Crippen LogP contribution is 2.34. The number of anilines is 1. The quantitative estimate of drug-likeness (QED) is 0.723. The average molecular weight is 373 g/mol. The second-order valence-electron chi connectivity index (χ2n) is 8.21. The first-order valence-corrected chi connectivity index (χ1v) is 10.2. The highest BCUT2D eigenvalue weighted by Gasteiger charge is 2.37. The summed E-state index contributed by atoms with van der Waals surface area (Å²) in [6.45, 7) is 3.09. The summed E-state index contributed by atoms with van der Waals surface area (Å²) in [5.41, 5.74) is 2.15. The number of amides is 2. The molecule has 0 bridgehead atoms. The number of halogens is 1. The molecule has 0 saturated heterocycles. The molecule has 1 unspecified atom stereocenters. The van der Waals surface area contributed by atoms with Gasteiger partial charge in [0, 0.05) is 42.7 Å². The molecule has 5 nitrogen and oxygen atoms in total. The van der Waals surface area contributed by atoms with Crippen LogP contribution in [0.4, 0.5) is 10.1 Å². The number of hydrogen-bond acceptors (Lipinski definition) is 3. The molecular weight excluding hydrogens is 345 g/mol.